The summed E-state index contributed by atoms with van der Waals surface area (Å²) in [6.45, 7) is 1.82. The monoisotopic (exact) mass is 299 g/mol. The maximum absolute atomic E-state index is 11.8. The van der Waals surface area contributed by atoms with E-state index in [9.17, 15) is 8.42 Å². The fourth-order valence-electron chi connectivity index (χ4n) is 1.53. The molecule has 8 nitrogen and oxygen atoms in total. The second-order valence-electron chi connectivity index (χ2n) is 4.35. The average molecular weight is 299 g/mol. The number of rotatable bonds is 7. The fraction of sp³-hybridized carbons (Fsp3) is 0.455. The third-order valence-corrected chi connectivity index (χ3v) is 4.35. The molecule has 2 heterocycles. The van der Waals surface area contributed by atoms with E-state index in [1.54, 1.807) is 23.1 Å². The lowest BCUT2D eigenvalue weighted by atomic mass is 10.4. The molecule has 0 aliphatic carbocycles. The molecule has 0 aliphatic heterocycles. The Labute approximate surface area is 117 Å². The summed E-state index contributed by atoms with van der Waals surface area (Å²) < 4.78 is 31.8. The molecule has 0 amide bonds. The van der Waals surface area contributed by atoms with Gasteiger partial charge in [0.25, 0.3) is 10.0 Å². The molecule has 20 heavy (non-hydrogen) atoms. The van der Waals surface area contributed by atoms with Crippen LogP contribution in [-0.4, -0.2) is 48.4 Å². The smallest absolute Gasteiger partial charge is 0.275 e. The highest BCUT2D eigenvalue weighted by atomic mass is 32.2. The second-order valence-corrected chi connectivity index (χ2v) is 6.43. The van der Waals surface area contributed by atoms with Crippen molar-refractivity contribution in [2.45, 2.75) is 18.2 Å². The van der Waals surface area contributed by atoms with Crippen LogP contribution in [0.3, 0.4) is 0 Å². The van der Waals surface area contributed by atoms with Gasteiger partial charge < -0.3 is 9.73 Å². The van der Waals surface area contributed by atoms with Gasteiger partial charge in [0.05, 0.1) is 19.3 Å². The summed E-state index contributed by atoms with van der Waals surface area (Å²) in [7, 11) is -0.573. The van der Waals surface area contributed by atoms with Crippen molar-refractivity contribution in [3.05, 3.63) is 30.3 Å². The van der Waals surface area contributed by atoms with Crippen LogP contribution in [0.5, 0.6) is 0 Å². The number of hydrogen-bond donors (Lipinski definition) is 1. The van der Waals surface area contributed by atoms with Gasteiger partial charge in [0.2, 0.25) is 5.09 Å². The molecule has 0 saturated heterocycles. The molecule has 0 aromatic carbocycles. The van der Waals surface area contributed by atoms with Crippen molar-refractivity contribution >= 4 is 10.0 Å². The summed E-state index contributed by atoms with van der Waals surface area (Å²) in [6, 6.07) is 3.11. The molecule has 0 unspecified atom stereocenters. The van der Waals surface area contributed by atoms with E-state index in [1.165, 1.54) is 20.2 Å². The molecule has 1 N–H and O–H groups in total. The van der Waals surface area contributed by atoms with Gasteiger partial charge in [-0.1, -0.05) is 5.21 Å². The van der Waals surface area contributed by atoms with Crippen LogP contribution >= 0.6 is 0 Å². The summed E-state index contributed by atoms with van der Waals surface area (Å²) in [5.41, 5.74) is 0. The van der Waals surface area contributed by atoms with Gasteiger partial charge in [-0.3, -0.25) is 4.68 Å². The average Bonchev–Trinajstić information content (AvgIpc) is 3.06. The van der Waals surface area contributed by atoms with Crippen molar-refractivity contribution in [1.29, 1.82) is 0 Å². The second kappa shape index (κ2) is 6.16. The van der Waals surface area contributed by atoms with Crippen LogP contribution in [-0.2, 0) is 23.1 Å². The maximum Gasteiger partial charge on any atom is 0.275 e. The first-order valence-corrected chi connectivity index (χ1v) is 7.50. The largest absolute Gasteiger partial charge is 0.447 e. The summed E-state index contributed by atoms with van der Waals surface area (Å²) in [4.78, 5) is 0. The van der Waals surface area contributed by atoms with E-state index >= 15 is 0 Å². The molecule has 2 aromatic rings. The lowest BCUT2D eigenvalue weighted by molar-refractivity contribution is 0.386. The Kier molecular flexibility index (Phi) is 4.53. The molecule has 0 spiro atoms. The number of nitrogens with zero attached hydrogens (tertiary/aromatic N) is 4. The highest BCUT2D eigenvalue weighted by Gasteiger charge is 2.21. The molecular weight excluding hydrogens is 282 g/mol. The standard InChI is InChI=1S/C11H17N5O3S/c1-15(2)20(17,18)11-4-3-10(19-11)9-12-5-7-16-8-6-13-14-16/h3-4,6,8,12H,5,7,9H2,1-2H3. The van der Waals surface area contributed by atoms with Crippen LogP contribution in [0.4, 0.5) is 0 Å². The van der Waals surface area contributed by atoms with Crippen LogP contribution < -0.4 is 5.32 Å². The zero-order chi connectivity index (χ0) is 14.6. The van der Waals surface area contributed by atoms with E-state index in [-0.39, 0.29) is 5.09 Å². The minimum Gasteiger partial charge on any atom is -0.447 e. The summed E-state index contributed by atoms with van der Waals surface area (Å²) in [6.07, 6.45) is 3.39. The molecular formula is C11H17N5O3S. The maximum atomic E-state index is 11.8. The van der Waals surface area contributed by atoms with Crippen molar-refractivity contribution in [2.75, 3.05) is 20.6 Å². The number of sulfonamides is 1. The molecule has 0 fully saturated rings. The van der Waals surface area contributed by atoms with Gasteiger partial charge in [-0.25, -0.2) is 12.7 Å². The molecule has 0 bridgehead atoms. The lowest BCUT2D eigenvalue weighted by Crippen LogP contribution is -2.22. The molecule has 0 radical (unpaired) electrons. The Morgan fingerprint density at radius 2 is 2.20 bits per heavy atom. The van der Waals surface area contributed by atoms with Gasteiger partial charge in [0.1, 0.15) is 5.76 Å². The van der Waals surface area contributed by atoms with Crippen LogP contribution in [0.2, 0.25) is 0 Å². The van der Waals surface area contributed by atoms with Crippen LogP contribution in [0.25, 0.3) is 0 Å². The SMILES string of the molecule is CN(C)S(=O)(=O)c1ccc(CNCCn2ccnn2)o1. The number of hydrogen-bond acceptors (Lipinski definition) is 6. The highest BCUT2D eigenvalue weighted by molar-refractivity contribution is 7.88. The summed E-state index contributed by atoms with van der Waals surface area (Å²) in [5.74, 6) is 0.573. The Bertz CT molecular complexity index is 633. The fourth-order valence-corrected chi connectivity index (χ4v) is 2.34. The van der Waals surface area contributed by atoms with E-state index in [2.05, 4.69) is 15.6 Å². The number of aromatic nitrogens is 3. The predicted molar refractivity (Wildman–Crippen MR) is 71.3 cm³/mol. The Morgan fingerprint density at radius 1 is 1.40 bits per heavy atom. The van der Waals surface area contributed by atoms with Gasteiger partial charge in [0.15, 0.2) is 0 Å². The molecule has 0 saturated carbocycles. The first kappa shape index (κ1) is 14.7. The zero-order valence-corrected chi connectivity index (χ0v) is 12.2. The van der Waals surface area contributed by atoms with Crippen molar-refractivity contribution in [3.63, 3.8) is 0 Å². The minimum absolute atomic E-state index is 0.0458. The third-order valence-electron chi connectivity index (χ3n) is 2.66. The Hall–Kier alpha value is -1.71. The molecule has 9 heteroatoms. The summed E-state index contributed by atoms with van der Waals surface area (Å²) in [5, 5.41) is 10.6. The Morgan fingerprint density at radius 3 is 2.85 bits per heavy atom. The van der Waals surface area contributed by atoms with Crippen molar-refractivity contribution < 1.29 is 12.8 Å². The van der Waals surface area contributed by atoms with E-state index in [1.807, 2.05) is 0 Å². The first-order chi connectivity index (χ1) is 9.50. The minimum atomic E-state index is -3.51. The van der Waals surface area contributed by atoms with E-state index < -0.39 is 10.0 Å². The molecule has 2 rings (SSSR count). The van der Waals surface area contributed by atoms with Gasteiger partial charge in [-0.2, -0.15) is 0 Å². The van der Waals surface area contributed by atoms with Gasteiger partial charge in [0, 0.05) is 26.8 Å². The number of furan rings is 1. The molecule has 0 atom stereocenters. The van der Waals surface area contributed by atoms with Gasteiger partial charge >= 0.3 is 0 Å². The quantitative estimate of drug-likeness (QED) is 0.718. The summed E-state index contributed by atoms with van der Waals surface area (Å²) >= 11 is 0. The van der Waals surface area contributed by atoms with Gasteiger partial charge in [-0.15, -0.1) is 5.10 Å². The molecule has 2 aromatic heterocycles. The molecule has 0 aliphatic rings. The van der Waals surface area contributed by atoms with Gasteiger partial charge in [-0.05, 0) is 12.1 Å². The normalized spacial score (nSPS) is 12.2. The highest BCUT2D eigenvalue weighted by Crippen LogP contribution is 2.16. The number of nitrogens with one attached hydrogen (secondary N) is 1. The van der Waals surface area contributed by atoms with Crippen molar-refractivity contribution in [1.82, 2.24) is 24.6 Å². The first-order valence-electron chi connectivity index (χ1n) is 6.06. The van der Waals surface area contributed by atoms with Crippen LogP contribution in [0.1, 0.15) is 5.76 Å². The Balaban J connectivity index is 1.84. The zero-order valence-electron chi connectivity index (χ0n) is 11.4. The lowest BCUT2D eigenvalue weighted by Gasteiger charge is -2.07. The molecule has 110 valence electrons. The van der Waals surface area contributed by atoms with E-state index in [0.717, 1.165) is 4.31 Å². The topological polar surface area (TPSA) is 93.3 Å². The van der Waals surface area contributed by atoms with Crippen molar-refractivity contribution in [3.8, 4) is 0 Å². The predicted octanol–water partition coefficient (Wildman–Crippen LogP) is -0.0888. The van der Waals surface area contributed by atoms with E-state index in [4.69, 9.17) is 4.42 Å². The van der Waals surface area contributed by atoms with Crippen LogP contribution in [0, 0.1) is 0 Å². The van der Waals surface area contributed by atoms with E-state index in [0.29, 0.717) is 25.4 Å². The third kappa shape index (κ3) is 3.44. The van der Waals surface area contributed by atoms with Crippen LogP contribution in [0.15, 0.2) is 34.0 Å². The van der Waals surface area contributed by atoms with Crippen molar-refractivity contribution in [2.24, 2.45) is 0 Å².